The SMILES string of the molecule is CCCC1CC(NCC(C)CO)CCO1. The average molecular weight is 215 g/mol. The molecule has 0 bridgehead atoms. The smallest absolute Gasteiger partial charge is 0.0589 e. The summed E-state index contributed by atoms with van der Waals surface area (Å²) in [6.45, 7) is 6.34. The van der Waals surface area contributed by atoms with Crippen molar-refractivity contribution >= 4 is 0 Å². The molecule has 1 rings (SSSR count). The number of nitrogens with one attached hydrogen (secondary N) is 1. The lowest BCUT2D eigenvalue weighted by molar-refractivity contribution is -0.00390. The maximum atomic E-state index is 8.94. The summed E-state index contributed by atoms with van der Waals surface area (Å²) in [4.78, 5) is 0. The first kappa shape index (κ1) is 12.9. The van der Waals surface area contributed by atoms with E-state index in [1.807, 2.05) is 0 Å². The van der Waals surface area contributed by atoms with Gasteiger partial charge in [-0.25, -0.2) is 0 Å². The largest absolute Gasteiger partial charge is 0.396 e. The first-order valence-corrected chi connectivity index (χ1v) is 6.22. The molecule has 3 unspecified atom stereocenters. The fourth-order valence-electron chi connectivity index (χ4n) is 2.02. The van der Waals surface area contributed by atoms with Gasteiger partial charge in [-0.15, -0.1) is 0 Å². The van der Waals surface area contributed by atoms with Gasteiger partial charge in [0.1, 0.15) is 0 Å². The van der Waals surface area contributed by atoms with E-state index in [0.29, 0.717) is 18.1 Å². The molecule has 1 saturated heterocycles. The zero-order valence-corrected chi connectivity index (χ0v) is 10.0. The van der Waals surface area contributed by atoms with E-state index in [2.05, 4.69) is 19.2 Å². The van der Waals surface area contributed by atoms with Crippen molar-refractivity contribution in [2.24, 2.45) is 5.92 Å². The van der Waals surface area contributed by atoms with Crippen LogP contribution in [0.15, 0.2) is 0 Å². The third kappa shape index (κ3) is 4.96. The fraction of sp³-hybridized carbons (Fsp3) is 1.00. The van der Waals surface area contributed by atoms with E-state index in [0.717, 1.165) is 26.0 Å². The summed E-state index contributed by atoms with van der Waals surface area (Å²) in [5.41, 5.74) is 0. The molecular formula is C12H25NO2. The van der Waals surface area contributed by atoms with Crippen molar-refractivity contribution in [1.82, 2.24) is 5.32 Å². The molecular weight excluding hydrogens is 190 g/mol. The highest BCUT2D eigenvalue weighted by Crippen LogP contribution is 2.17. The van der Waals surface area contributed by atoms with Crippen LogP contribution in [0.4, 0.5) is 0 Å². The molecule has 15 heavy (non-hydrogen) atoms. The second kappa shape index (κ2) is 7.20. The highest BCUT2D eigenvalue weighted by molar-refractivity contribution is 4.77. The van der Waals surface area contributed by atoms with E-state index in [-0.39, 0.29) is 6.61 Å². The lowest BCUT2D eigenvalue weighted by Gasteiger charge is -2.30. The summed E-state index contributed by atoms with van der Waals surface area (Å²) in [6.07, 6.45) is 5.06. The second-order valence-corrected chi connectivity index (χ2v) is 4.70. The lowest BCUT2D eigenvalue weighted by atomic mass is 9.99. The summed E-state index contributed by atoms with van der Waals surface area (Å²) < 4.78 is 5.69. The lowest BCUT2D eigenvalue weighted by Crippen LogP contribution is -2.41. The van der Waals surface area contributed by atoms with Crippen LogP contribution in [0.2, 0.25) is 0 Å². The molecule has 3 heteroatoms. The minimum Gasteiger partial charge on any atom is -0.396 e. The third-order valence-electron chi connectivity index (χ3n) is 3.04. The van der Waals surface area contributed by atoms with Gasteiger partial charge in [0.15, 0.2) is 0 Å². The van der Waals surface area contributed by atoms with Gasteiger partial charge in [-0.3, -0.25) is 0 Å². The van der Waals surface area contributed by atoms with Crippen LogP contribution >= 0.6 is 0 Å². The van der Waals surface area contributed by atoms with Crippen LogP contribution in [0.5, 0.6) is 0 Å². The maximum Gasteiger partial charge on any atom is 0.0589 e. The monoisotopic (exact) mass is 215 g/mol. The summed E-state index contributed by atoms with van der Waals surface area (Å²) in [5, 5.41) is 12.5. The van der Waals surface area contributed by atoms with E-state index in [4.69, 9.17) is 9.84 Å². The Balaban J connectivity index is 2.18. The van der Waals surface area contributed by atoms with Crippen LogP contribution in [0.25, 0.3) is 0 Å². The topological polar surface area (TPSA) is 41.5 Å². The van der Waals surface area contributed by atoms with Crippen LogP contribution in [-0.4, -0.2) is 37.0 Å². The average Bonchev–Trinajstić information content (AvgIpc) is 2.27. The Morgan fingerprint density at radius 2 is 2.33 bits per heavy atom. The molecule has 0 aromatic carbocycles. The Kier molecular flexibility index (Phi) is 6.22. The van der Waals surface area contributed by atoms with Gasteiger partial charge in [0, 0.05) is 25.8 Å². The molecule has 2 N–H and O–H groups in total. The normalized spacial score (nSPS) is 29.0. The predicted molar refractivity (Wildman–Crippen MR) is 61.9 cm³/mol. The van der Waals surface area contributed by atoms with Crippen LogP contribution < -0.4 is 5.32 Å². The molecule has 90 valence electrons. The molecule has 0 radical (unpaired) electrons. The van der Waals surface area contributed by atoms with Crippen molar-refractivity contribution in [3.63, 3.8) is 0 Å². The minimum atomic E-state index is 0.272. The Hall–Kier alpha value is -0.120. The zero-order valence-electron chi connectivity index (χ0n) is 10.0. The van der Waals surface area contributed by atoms with Gasteiger partial charge in [0.05, 0.1) is 6.10 Å². The highest BCUT2D eigenvalue weighted by atomic mass is 16.5. The van der Waals surface area contributed by atoms with Crippen LogP contribution in [0.3, 0.4) is 0 Å². The number of aliphatic hydroxyl groups excluding tert-OH is 1. The van der Waals surface area contributed by atoms with Crippen LogP contribution in [0, 0.1) is 5.92 Å². The molecule has 0 saturated carbocycles. The fourth-order valence-corrected chi connectivity index (χ4v) is 2.02. The molecule has 1 aliphatic heterocycles. The molecule has 3 nitrogen and oxygen atoms in total. The quantitative estimate of drug-likeness (QED) is 0.706. The van der Waals surface area contributed by atoms with Crippen molar-refractivity contribution in [3.8, 4) is 0 Å². The molecule has 1 heterocycles. The van der Waals surface area contributed by atoms with E-state index < -0.39 is 0 Å². The zero-order chi connectivity index (χ0) is 11.1. The van der Waals surface area contributed by atoms with E-state index in [1.54, 1.807) is 0 Å². The Labute approximate surface area is 93.2 Å². The molecule has 0 amide bonds. The van der Waals surface area contributed by atoms with Gasteiger partial charge in [-0.05, 0) is 25.2 Å². The van der Waals surface area contributed by atoms with Gasteiger partial charge < -0.3 is 15.2 Å². The van der Waals surface area contributed by atoms with Gasteiger partial charge in [0.25, 0.3) is 0 Å². The number of aliphatic hydroxyl groups is 1. The maximum absolute atomic E-state index is 8.94. The summed E-state index contributed by atoms with van der Waals surface area (Å²) in [7, 11) is 0. The van der Waals surface area contributed by atoms with Crippen LogP contribution in [-0.2, 0) is 4.74 Å². The molecule has 0 aliphatic carbocycles. The van der Waals surface area contributed by atoms with E-state index >= 15 is 0 Å². The van der Waals surface area contributed by atoms with Crippen LogP contribution in [0.1, 0.15) is 39.5 Å². The number of hydrogen-bond acceptors (Lipinski definition) is 3. The second-order valence-electron chi connectivity index (χ2n) is 4.70. The highest BCUT2D eigenvalue weighted by Gasteiger charge is 2.21. The Morgan fingerprint density at radius 1 is 1.53 bits per heavy atom. The molecule has 0 spiro atoms. The number of ether oxygens (including phenoxy) is 1. The Morgan fingerprint density at radius 3 is 3.00 bits per heavy atom. The summed E-state index contributed by atoms with van der Waals surface area (Å²) >= 11 is 0. The van der Waals surface area contributed by atoms with Gasteiger partial charge in [0.2, 0.25) is 0 Å². The van der Waals surface area contributed by atoms with E-state index in [1.165, 1.54) is 12.8 Å². The predicted octanol–water partition coefficient (Wildman–Crippen LogP) is 1.55. The molecule has 1 aliphatic rings. The molecule has 3 atom stereocenters. The molecule has 0 aromatic heterocycles. The van der Waals surface area contributed by atoms with Crippen molar-refractivity contribution in [1.29, 1.82) is 0 Å². The van der Waals surface area contributed by atoms with Crippen molar-refractivity contribution in [3.05, 3.63) is 0 Å². The Bertz CT molecular complexity index is 162. The van der Waals surface area contributed by atoms with Gasteiger partial charge in [-0.1, -0.05) is 20.3 Å². The third-order valence-corrected chi connectivity index (χ3v) is 3.04. The number of hydrogen-bond donors (Lipinski definition) is 2. The first-order chi connectivity index (χ1) is 7.26. The first-order valence-electron chi connectivity index (χ1n) is 6.22. The molecule has 1 fully saturated rings. The number of rotatable bonds is 6. The summed E-state index contributed by atoms with van der Waals surface area (Å²) in [5.74, 6) is 0.359. The van der Waals surface area contributed by atoms with Crippen molar-refractivity contribution in [2.75, 3.05) is 19.8 Å². The van der Waals surface area contributed by atoms with Crippen molar-refractivity contribution in [2.45, 2.75) is 51.7 Å². The van der Waals surface area contributed by atoms with E-state index in [9.17, 15) is 0 Å². The standard InChI is InChI=1S/C12H25NO2/c1-3-4-12-7-11(5-6-15-12)13-8-10(2)9-14/h10-14H,3-9H2,1-2H3. The molecule has 0 aromatic rings. The van der Waals surface area contributed by atoms with Gasteiger partial charge >= 0.3 is 0 Å². The summed E-state index contributed by atoms with van der Waals surface area (Å²) in [6, 6.07) is 0.587. The van der Waals surface area contributed by atoms with Gasteiger partial charge in [-0.2, -0.15) is 0 Å². The minimum absolute atomic E-state index is 0.272. The van der Waals surface area contributed by atoms with Crippen molar-refractivity contribution < 1.29 is 9.84 Å².